The van der Waals surface area contributed by atoms with E-state index in [0.29, 0.717) is 12.4 Å². The Labute approximate surface area is 137 Å². The summed E-state index contributed by atoms with van der Waals surface area (Å²) in [4.78, 5) is 9.56. The van der Waals surface area contributed by atoms with Crippen molar-refractivity contribution in [3.05, 3.63) is 29.2 Å². The molecule has 3 heterocycles. The Kier molecular flexibility index (Phi) is 4.10. The van der Waals surface area contributed by atoms with Crippen LogP contribution in [0.2, 0.25) is 0 Å². The van der Waals surface area contributed by atoms with Gasteiger partial charge in [-0.1, -0.05) is 0 Å². The van der Waals surface area contributed by atoms with Crippen LogP contribution in [-0.4, -0.2) is 33.4 Å². The third-order valence-corrected chi connectivity index (χ3v) is 4.18. The number of nitrogens with zero attached hydrogens (tertiary/aromatic N) is 5. The highest BCUT2D eigenvalue weighted by Crippen LogP contribution is 2.40. The van der Waals surface area contributed by atoms with Crippen LogP contribution in [-0.2, 0) is 13.2 Å². The quantitative estimate of drug-likeness (QED) is 0.859. The van der Waals surface area contributed by atoms with Crippen molar-refractivity contribution in [3.63, 3.8) is 0 Å². The molecule has 1 fully saturated rings. The van der Waals surface area contributed by atoms with Gasteiger partial charge in [0, 0.05) is 19.8 Å². The molecule has 0 bridgehead atoms. The van der Waals surface area contributed by atoms with E-state index in [2.05, 4.69) is 15.1 Å². The van der Waals surface area contributed by atoms with E-state index in [9.17, 15) is 13.2 Å². The molecule has 1 aliphatic rings. The molecule has 0 amide bonds. The lowest BCUT2D eigenvalue weighted by molar-refractivity contribution is -0.141. The number of anilines is 1. The number of rotatable bonds is 3. The van der Waals surface area contributed by atoms with E-state index < -0.39 is 11.9 Å². The average molecular weight is 341 g/mol. The molecule has 1 saturated heterocycles. The molecule has 130 valence electrons. The highest BCUT2D eigenvalue weighted by Gasteiger charge is 2.36. The van der Waals surface area contributed by atoms with Gasteiger partial charge in [0.1, 0.15) is 5.69 Å². The number of alkyl halides is 3. The third kappa shape index (κ3) is 2.78. The first kappa shape index (κ1) is 16.5. The summed E-state index contributed by atoms with van der Waals surface area (Å²) in [5.74, 6) is 0.689. The lowest BCUT2D eigenvalue weighted by Crippen LogP contribution is -2.26. The number of hydrogen-bond acceptors (Lipinski definition) is 5. The van der Waals surface area contributed by atoms with E-state index >= 15 is 0 Å². The van der Waals surface area contributed by atoms with Gasteiger partial charge in [0.25, 0.3) is 0 Å². The lowest BCUT2D eigenvalue weighted by Gasteiger charge is -2.25. The van der Waals surface area contributed by atoms with E-state index in [0.717, 1.165) is 36.4 Å². The normalized spacial score (nSPS) is 18.2. The highest BCUT2D eigenvalue weighted by atomic mass is 19.4. The Morgan fingerprint density at radius 1 is 1.33 bits per heavy atom. The first-order valence-corrected chi connectivity index (χ1v) is 7.57. The van der Waals surface area contributed by atoms with Crippen LogP contribution in [0, 0.1) is 6.92 Å². The molecular formula is C15H18F3N5O. The molecule has 0 unspecified atom stereocenters. The Bertz CT molecular complexity index is 743. The molecule has 0 spiro atoms. The molecule has 1 atom stereocenters. The number of aromatic nitrogens is 4. The molecule has 9 heteroatoms. The van der Waals surface area contributed by atoms with Crippen molar-refractivity contribution >= 4 is 5.95 Å². The van der Waals surface area contributed by atoms with Crippen LogP contribution in [0.3, 0.4) is 0 Å². The fourth-order valence-electron chi connectivity index (χ4n) is 3.23. The molecule has 24 heavy (non-hydrogen) atoms. The minimum Gasteiger partial charge on any atom is -0.481 e. The summed E-state index contributed by atoms with van der Waals surface area (Å²) in [6.45, 7) is 2.45. The number of ether oxygens (including phenoxy) is 1. The van der Waals surface area contributed by atoms with E-state index in [1.807, 2.05) is 6.92 Å². The van der Waals surface area contributed by atoms with E-state index in [-0.39, 0.29) is 12.0 Å². The van der Waals surface area contributed by atoms with Gasteiger partial charge in [0.05, 0.1) is 24.4 Å². The second-order valence-corrected chi connectivity index (χ2v) is 5.72. The van der Waals surface area contributed by atoms with Crippen LogP contribution in [0.15, 0.2) is 12.3 Å². The largest absolute Gasteiger partial charge is 0.481 e. The van der Waals surface area contributed by atoms with Gasteiger partial charge in [0.15, 0.2) is 0 Å². The van der Waals surface area contributed by atoms with Gasteiger partial charge in [-0.15, -0.1) is 0 Å². The van der Waals surface area contributed by atoms with Gasteiger partial charge in [-0.3, -0.25) is 0 Å². The molecule has 0 aliphatic carbocycles. The number of hydrogen-bond donors (Lipinski definition) is 0. The number of halogens is 3. The van der Waals surface area contributed by atoms with Crippen molar-refractivity contribution in [1.82, 2.24) is 19.7 Å². The molecule has 2 aromatic heterocycles. The zero-order valence-electron chi connectivity index (χ0n) is 13.6. The lowest BCUT2D eigenvalue weighted by atomic mass is 10.1. The van der Waals surface area contributed by atoms with Crippen LogP contribution < -0.4 is 9.64 Å². The molecule has 0 radical (unpaired) electrons. The SMILES string of the molecule is COc1c([C@@H]2CCCN2c2nccc(C(F)(F)F)n2)c(C)nn1C. The molecule has 0 aromatic carbocycles. The van der Waals surface area contributed by atoms with Gasteiger partial charge < -0.3 is 9.64 Å². The molecule has 0 saturated carbocycles. The van der Waals surface area contributed by atoms with Gasteiger partial charge in [-0.25, -0.2) is 14.6 Å². The highest BCUT2D eigenvalue weighted by molar-refractivity contribution is 5.44. The van der Waals surface area contributed by atoms with Crippen LogP contribution in [0.5, 0.6) is 5.88 Å². The van der Waals surface area contributed by atoms with Gasteiger partial charge in [-0.2, -0.15) is 18.3 Å². The Hall–Kier alpha value is -2.32. The minimum absolute atomic E-state index is 0.0811. The standard InChI is InChI=1S/C15H18F3N5O/c1-9-12(13(24-3)22(2)21-9)10-5-4-8-23(10)14-19-7-6-11(20-14)15(16,17)18/h6-7,10H,4-5,8H2,1-3H3/t10-/m0/s1. The molecule has 6 nitrogen and oxygen atoms in total. The monoisotopic (exact) mass is 341 g/mol. The Morgan fingerprint density at radius 3 is 2.75 bits per heavy atom. The first-order chi connectivity index (χ1) is 11.3. The van der Waals surface area contributed by atoms with Crippen molar-refractivity contribution in [2.45, 2.75) is 32.0 Å². The Morgan fingerprint density at radius 2 is 2.08 bits per heavy atom. The van der Waals surface area contributed by atoms with Gasteiger partial charge >= 0.3 is 6.18 Å². The molecule has 0 N–H and O–H groups in total. The van der Waals surface area contributed by atoms with Gasteiger partial charge in [-0.05, 0) is 25.8 Å². The predicted molar refractivity (Wildman–Crippen MR) is 80.9 cm³/mol. The summed E-state index contributed by atoms with van der Waals surface area (Å²) in [5.41, 5.74) is 0.727. The summed E-state index contributed by atoms with van der Waals surface area (Å²) in [7, 11) is 3.33. The van der Waals surface area contributed by atoms with E-state index in [1.54, 1.807) is 23.7 Å². The van der Waals surface area contributed by atoms with Crippen molar-refractivity contribution in [2.24, 2.45) is 7.05 Å². The summed E-state index contributed by atoms with van der Waals surface area (Å²) in [6.07, 6.45) is -1.73. The molecule has 3 rings (SSSR count). The minimum atomic E-state index is -4.49. The smallest absolute Gasteiger partial charge is 0.433 e. The molecule has 1 aliphatic heterocycles. The van der Waals surface area contributed by atoms with Crippen LogP contribution in [0.4, 0.5) is 19.1 Å². The summed E-state index contributed by atoms with van der Waals surface area (Å²) < 4.78 is 45.8. The maximum atomic E-state index is 12.9. The molecular weight excluding hydrogens is 323 g/mol. The first-order valence-electron chi connectivity index (χ1n) is 7.57. The topological polar surface area (TPSA) is 56.1 Å². The fourth-order valence-corrected chi connectivity index (χ4v) is 3.23. The summed E-state index contributed by atoms with van der Waals surface area (Å²) in [5, 5.41) is 4.36. The molecule has 2 aromatic rings. The second-order valence-electron chi connectivity index (χ2n) is 5.72. The summed E-state index contributed by atoms with van der Waals surface area (Å²) >= 11 is 0. The second kappa shape index (κ2) is 5.95. The van der Waals surface area contributed by atoms with Crippen molar-refractivity contribution < 1.29 is 17.9 Å². The van der Waals surface area contributed by atoms with Crippen molar-refractivity contribution in [2.75, 3.05) is 18.6 Å². The zero-order chi connectivity index (χ0) is 17.5. The third-order valence-electron chi connectivity index (χ3n) is 4.18. The fraction of sp³-hybridized carbons (Fsp3) is 0.533. The maximum absolute atomic E-state index is 12.9. The summed E-state index contributed by atoms with van der Waals surface area (Å²) in [6, 6.07) is 0.724. The maximum Gasteiger partial charge on any atom is 0.433 e. The number of methoxy groups -OCH3 is 1. The predicted octanol–water partition coefficient (Wildman–Crippen LogP) is 2.89. The van der Waals surface area contributed by atoms with Crippen LogP contribution >= 0.6 is 0 Å². The number of aryl methyl sites for hydroxylation is 2. The van der Waals surface area contributed by atoms with E-state index in [1.165, 1.54) is 0 Å². The van der Waals surface area contributed by atoms with Crippen LogP contribution in [0.25, 0.3) is 0 Å². The van der Waals surface area contributed by atoms with Crippen molar-refractivity contribution in [1.29, 1.82) is 0 Å². The van der Waals surface area contributed by atoms with Crippen LogP contribution in [0.1, 0.15) is 35.8 Å². The van der Waals surface area contributed by atoms with Gasteiger partial charge in [0.2, 0.25) is 11.8 Å². The average Bonchev–Trinajstić information content (AvgIpc) is 3.10. The van der Waals surface area contributed by atoms with Crippen molar-refractivity contribution in [3.8, 4) is 5.88 Å². The zero-order valence-corrected chi connectivity index (χ0v) is 13.6. The van der Waals surface area contributed by atoms with E-state index in [4.69, 9.17) is 4.74 Å². The Balaban J connectivity index is 2.01.